The van der Waals surface area contributed by atoms with Crippen molar-refractivity contribution in [3.8, 4) is 0 Å². The van der Waals surface area contributed by atoms with E-state index in [0.717, 1.165) is 15.7 Å². The highest BCUT2D eigenvalue weighted by molar-refractivity contribution is 9.10. The molecule has 0 aliphatic heterocycles. The molecule has 0 spiro atoms. The fourth-order valence-corrected chi connectivity index (χ4v) is 1.80. The van der Waals surface area contributed by atoms with Gasteiger partial charge in [-0.2, -0.15) is 5.10 Å². The molecule has 1 aromatic heterocycles. The van der Waals surface area contributed by atoms with Gasteiger partial charge in [0.2, 0.25) is 5.91 Å². The second kappa shape index (κ2) is 5.14. The zero-order valence-corrected chi connectivity index (χ0v) is 10.9. The summed E-state index contributed by atoms with van der Waals surface area (Å²) in [6.45, 7) is 2.17. The number of nitrogens with zero attached hydrogens (tertiary/aromatic N) is 2. The van der Waals surface area contributed by atoms with E-state index in [2.05, 4.69) is 26.3 Å². The van der Waals surface area contributed by atoms with Gasteiger partial charge in [-0.25, -0.2) is 0 Å². The van der Waals surface area contributed by atoms with Crippen molar-refractivity contribution >= 4 is 27.5 Å². The van der Waals surface area contributed by atoms with Gasteiger partial charge < -0.3 is 5.32 Å². The molecule has 5 heteroatoms. The van der Waals surface area contributed by atoms with Crippen LogP contribution in [0, 0.1) is 6.92 Å². The summed E-state index contributed by atoms with van der Waals surface area (Å²) in [4.78, 5) is 11.8. The molecule has 88 valence electrons. The smallest absolute Gasteiger partial charge is 0.246 e. The van der Waals surface area contributed by atoms with Crippen LogP contribution < -0.4 is 5.32 Å². The molecule has 0 fully saturated rings. The van der Waals surface area contributed by atoms with Gasteiger partial charge in [0.15, 0.2) is 0 Å². The molecule has 2 aromatic rings. The molecule has 0 aliphatic rings. The number of para-hydroxylation sites is 1. The van der Waals surface area contributed by atoms with E-state index in [1.165, 1.54) is 0 Å². The third-order valence-electron chi connectivity index (χ3n) is 2.33. The number of aromatic nitrogens is 2. The van der Waals surface area contributed by atoms with Crippen LogP contribution in [0.1, 0.15) is 5.56 Å². The van der Waals surface area contributed by atoms with Crippen molar-refractivity contribution in [2.45, 2.75) is 13.5 Å². The molecule has 17 heavy (non-hydrogen) atoms. The molecular formula is C12H12BrN3O. The van der Waals surface area contributed by atoms with E-state index in [9.17, 15) is 4.79 Å². The van der Waals surface area contributed by atoms with Crippen LogP contribution in [0.15, 0.2) is 41.1 Å². The number of hydrogen-bond acceptors (Lipinski definition) is 2. The number of carbonyl (C=O) groups is 1. The molecule has 4 nitrogen and oxygen atoms in total. The number of anilines is 1. The number of rotatable bonds is 3. The molecular weight excluding hydrogens is 282 g/mol. The van der Waals surface area contributed by atoms with E-state index in [1.54, 1.807) is 17.1 Å². The Balaban J connectivity index is 2.01. The van der Waals surface area contributed by atoms with Crippen LogP contribution in [0.3, 0.4) is 0 Å². The molecule has 0 atom stereocenters. The predicted molar refractivity (Wildman–Crippen MR) is 69.7 cm³/mol. The first-order valence-electron chi connectivity index (χ1n) is 5.18. The van der Waals surface area contributed by atoms with Gasteiger partial charge in [0.25, 0.3) is 0 Å². The van der Waals surface area contributed by atoms with Gasteiger partial charge in [0.1, 0.15) is 6.54 Å². The Hall–Kier alpha value is -1.62. The number of benzene rings is 1. The van der Waals surface area contributed by atoms with Gasteiger partial charge in [0, 0.05) is 11.9 Å². The Morgan fingerprint density at radius 3 is 2.88 bits per heavy atom. The number of halogens is 1. The lowest BCUT2D eigenvalue weighted by molar-refractivity contribution is -0.116. The van der Waals surface area contributed by atoms with Crippen LogP contribution in [0.2, 0.25) is 0 Å². The van der Waals surface area contributed by atoms with Crippen molar-refractivity contribution in [1.82, 2.24) is 9.78 Å². The zero-order valence-electron chi connectivity index (χ0n) is 9.35. The topological polar surface area (TPSA) is 46.9 Å². The summed E-state index contributed by atoms with van der Waals surface area (Å²) in [5.74, 6) is -0.0881. The number of carbonyl (C=O) groups excluding carboxylic acids is 1. The largest absolute Gasteiger partial charge is 0.324 e. The average molecular weight is 294 g/mol. The normalized spacial score (nSPS) is 10.2. The van der Waals surface area contributed by atoms with E-state index < -0.39 is 0 Å². The van der Waals surface area contributed by atoms with Crippen molar-refractivity contribution in [3.63, 3.8) is 0 Å². The van der Waals surface area contributed by atoms with Gasteiger partial charge in [-0.1, -0.05) is 18.2 Å². The highest BCUT2D eigenvalue weighted by atomic mass is 79.9. The van der Waals surface area contributed by atoms with Crippen LogP contribution in [0.4, 0.5) is 5.69 Å². The van der Waals surface area contributed by atoms with E-state index in [-0.39, 0.29) is 12.5 Å². The first kappa shape index (κ1) is 11.9. The van der Waals surface area contributed by atoms with Crippen molar-refractivity contribution in [1.29, 1.82) is 0 Å². The summed E-state index contributed by atoms with van der Waals surface area (Å²) in [6.07, 6.45) is 3.42. The summed E-state index contributed by atoms with van der Waals surface area (Å²) < 4.78 is 2.44. The third-order valence-corrected chi connectivity index (χ3v) is 2.74. The lowest BCUT2D eigenvalue weighted by atomic mass is 10.2. The molecule has 2 rings (SSSR count). The van der Waals surface area contributed by atoms with Crippen molar-refractivity contribution in [2.24, 2.45) is 0 Å². The average Bonchev–Trinajstić information content (AvgIpc) is 2.67. The number of amides is 1. The first-order valence-corrected chi connectivity index (χ1v) is 5.98. The maximum atomic E-state index is 11.8. The monoisotopic (exact) mass is 293 g/mol. The zero-order chi connectivity index (χ0) is 12.3. The Morgan fingerprint density at radius 2 is 2.24 bits per heavy atom. The maximum absolute atomic E-state index is 11.8. The van der Waals surface area contributed by atoms with Gasteiger partial charge in [-0.05, 0) is 34.5 Å². The molecule has 0 saturated heterocycles. The van der Waals surface area contributed by atoms with E-state index >= 15 is 0 Å². The van der Waals surface area contributed by atoms with E-state index in [1.807, 2.05) is 31.2 Å². The first-order chi connectivity index (χ1) is 8.15. The predicted octanol–water partition coefficient (Wildman–Crippen LogP) is 2.59. The molecule has 0 aliphatic carbocycles. The molecule has 0 saturated carbocycles. The third kappa shape index (κ3) is 3.17. The van der Waals surface area contributed by atoms with Crippen LogP contribution in [-0.2, 0) is 11.3 Å². The van der Waals surface area contributed by atoms with Crippen molar-refractivity contribution < 1.29 is 4.79 Å². The summed E-state index contributed by atoms with van der Waals surface area (Å²) in [7, 11) is 0. The Bertz CT molecular complexity index is 536. The minimum atomic E-state index is -0.0881. The second-order valence-electron chi connectivity index (χ2n) is 3.72. The van der Waals surface area contributed by atoms with E-state index in [0.29, 0.717) is 0 Å². The molecule has 1 aromatic carbocycles. The summed E-state index contributed by atoms with van der Waals surface area (Å²) in [5.41, 5.74) is 1.88. The van der Waals surface area contributed by atoms with Gasteiger partial charge in [-0.15, -0.1) is 0 Å². The highest BCUT2D eigenvalue weighted by Crippen LogP contribution is 2.13. The van der Waals surface area contributed by atoms with E-state index in [4.69, 9.17) is 0 Å². The number of nitrogens with one attached hydrogen (secondary N) is 1. The minimum absolute atomic E-state index is 0.0881. The second-order valence-corrected chi connectivity index (χ2v) is 4.63. The lowest BCUT2D eigenvalue weighted by Gasteiger charge is -2.07. The van der Waals surface area contributed by atoms with Gasteiger partial charge >= 0.3 is 0 Å². The fraction of sp³-hybridized carbons (Fsp3) is 0.167. The summed E-state index contributed by atoms with van der Waals surface area (Å²) in [5, 5.41) is 6.88. The summed E-state index contributed by atoms with van der Waals surface area (Å²) >= 11 is 3.29. The molecule has 1 heterocycles. The molecule has 0 unspecified atom stereocenters. The molecule has 0 radical (unpaired) electrons. The highest BCUT2D eigenvalue weighted by Gasteiger charge is 2.05. The van der Waals surface area contributed by atoms with Crippen LogP contribution in [0.5, 0.6) is 0 Å². The van der Waals surface area contributed by atoms with Crippen molar-refractivity contribution in [3.05, 3.63) is 46.7 Å². The SMILES string of the molecule is Cc1ccccc1NC(=O)Cn1cc(Br)cn1. The van der Waals surface area contributed by atoms with Crippen LogP contribution in [0.25, 0.3) is 0 Å². The van der Waals surface area contributed by atoms with Gasteiger partial charge in [0.05, 0.1) is 10.7 Å². The minimum Gasteiger partial charge on any atom is -0.324 e. The van der Waals surface area contributed by atoms with Crippen molar-refractivity contribution in [2.75, 3.05) is 5.32 Å². The Kier molecular flexibility index (Phi) is 3.58. The quantitative estimate of drug-likeness (QED) is 0.945. The maximum Gasteiger partial charge on any atom is 0.246 e. The molecule has 1 amide bonds. The fourth-order valence-electron chi connectivity index (χ4n) is 1.47. The lowest BCUT2D eigenvalue weighted by Crippen LogP contribution is -2.19. The number of hydrogen-bond donors (Lipinski definition) is 1. The van der Waals surface area contributed by atoms with Crippen LogP contribution >= 0.6 is 15.9 Å². The summed E-state index contributed by atoms with van der Waals surface area (Å²) in [6, 6.07) is 7.68. The Labute approximate surface area is 108 Å². The van der Waals surface area contributed by atoms with Gasteiger partial charge in [-0.3, -0.25) is 9.48 Å². The molecule has 0 bridgehead atoms. The number of aryl methyl sites for hydroxylation is 1. The Morgan fingerprint density at radius 1 is 1.47 bits per heavy atom. The van der Waals surface area contributed by atoms with Crippen LogP contribution in [-0.4, -0.2) is 15.7 Å². The standard InChI is InChI=1S/C12H12BrN3O/c1-9-4-2-3-5-11(9)15-12(17)8-16-7-10(13)6-14-16/h2-7H,8H2,1H3,(H,15,17). The molecule has 1 N–H and O–H groups in total.